The Morgan fingerprint density at radius 2 is 2.20 bits per heavy atom. The molecule has 0 amide bonds. The van der Waals surface area contributed by atoms with Crippen LogP contribution < -0.4 is 5.32 Å². The number of nitrogens with zero attached hydrogens (tertiary/aromatic N) is 2. The smallest absolute Gasteiger partial charge is 0.148 e. The van der Waals surface area contributed by atoms with E-state index in [2.05, 4.69) is 72.2 Å². The van der Waals surface area contributed by atoms with Gasteiger partial charge in [-0.1, -0.05) is 27.3 Å². The summed E-state index contributed by atoms with van der Waals surface area (Å²) in [5.74, 6) is 0. The Hall–Kier alpha value is -0.0500. The summed E-state index contributed by atoms with van der Waals surface area (Å²) in [6.07, 6.45) is 4.86. The van der Waals surface area contributed by atoms with Crippen molar-refractivity contribution in [3.05, 3.63) is 31.2 Å². The van der Waals surface area contributed by atoms with Gasteiger partial charge < -0.3 is 5.32 Å². The summed E-state index contributed by atoms with van der Waals surface area (Å²) < 4.78 is 2.29. The largest absolute Gasteiger partial charge is 0.314 e. The first-order chi connectivity index (χ1) is 9.72. The van der Waals surface area contributed by atoms with Crippen LogP contribution in [-0.4, -0.2) is 22.8 Å². The molecule has 0 saturated heterocycles. The predicted octanol–water partition coefficient (Wildman–Crippen LogP) is 4.26. The average Bonchev–Trinajstić information content (AvgIpc) is 3.15. The Morgan fingerprint density at radius 1 is 1.35 bits per heavy atom. The molecule has 0 bridgehead atoms. The van der Waals surface area contributed by atoms with Gasteiger partial charge in [0.2, 0.25) is 0 Å². The third-order valence-corrected chi connectivity index (χ3v) is 5.65. The monoisotopic (exact) mass is 463 g/mol. The SMILES string of the molecule is Brc1ccc(I)c(-c2nnc(CCCNC3CC3)s2)c1. The molecule has 1 aromatic heterocycles. The van der Waals surface area contributed by atoms with Gasteiger partial charge in [-0.05, 0) is 66.6 Å². The molecule has 1 aliphatic rings. The Morgan fingerprint density at radius 3 is 3.00 bits per heavy atom. The Kier molecular flexibility index (Phi) is 5.06. The van der Waals surface area contributed by atoms with E-state index in [1.54, 1.807) is 11.3 Å². The van der Waals surface area contributed by atoms with E-state index in [-0.39, 0.29) is 0 Å². The molecule has 1 aromatic carbocycles. The van der Waals surface area contributed by atoms with Crippen LogP contribution in [0.5, 0.6) is 0 Å². The van der Waals surface area contributed by atoms with Crippen molar-refractivity contribution in [1.82, 2.24) is 15.5 Å². The minimum Gasteiger partial charge on any atom is -0.314 e. The lowest BCUT2D eigenvalue weighted by atomic mass is 10.2. The molecule has 1 heterocycles. The quantitative estimate of drug-likeness (QED) is 0.513. The first-order valence-electron chi connectivity index (χ1n) is 6.73. The molecule has 3 rings (SSSR count). The molecule has 0 unspecified atom stereocenters. The summed E-state index contributed by atoms with van der Waals surface area (Å²) in [6.45, 7) is 1.09. The van der Waals surface area contributed by atoms with Crippen LogP contribution in [0.4, 0.5) is 0 Å². The van der Waals surface area contributed by atoms with Crippen LogP contribution in [-0.2, 0) is 6.42 Å². The number of aryl methyl sites for hydroxylation is 1. The van der Waals surface area contributed by atoms with Crippen molar-refractivity contribution in [3.8, 4) is 10.6 Å². The van der Waals surface area contributed by atoms with Gasteiger partial charge in [-0.2, -0.15) is 0 Å². The maximum Gasteiger partial charge on any atom is 0.148 e. The van der Waals surface area contributed by atoms with Crippen molar-refractivity contribution in [2.24, 2.45) is 0 Å². The molecule has 0 radical (unpaired) electrons. The van der Waals surface area contributed by atoms with Gasteiger partial charge in [0.15, 0.2) is 0 Å². The van der Waals surface area contributed by atoms with Crippen LogP contribution in [0, 0.1) is 3.57 Å². The van der Waals surface area contributed by atoms with Crippen LogP contribution in [0.2, 0.25) is 0 Å². The molecule has 20 heavy (non-hydrogen) atoms. The van der Waals surface area contributed by atoms with Crippen molar-refractivity contribution in [2.75, 3.05) is 6.54 Å². The Labute approximate surface area is 144 Å². The number of aromatic nitrogens is 2. The van der Waals surface area contributed by atoms with Gasteiger partial charge in [0.1, 0.15) is 10.0 Å². The second kappa shape index (κ2) is 6.81. The molecule has 0 aliphatic heterocycles. The highest BCUT2D eigenvalue weighted by atomic mass is 127. The molecule has 1 fully saturated rings. The van der Waals surface area contributed by atoms with Gasteiger partial charge in [-0.25, -0.2) is 0 Å². The van der Waals surface area contributed by atoms with E-state index in [4.69, 9.17) is 0 Å². The van der Waals surface area contributed by atoms with Crippen molar-refractivity contribution in [3.63, 3.8) is 0 Å². The Balaban J connectivity index is 1.61. The van der Waals surface area contributed by atoms with Crippen molar-refractivity contribution in [1.29, 1.82) is 0 Å². The number of hydrogen-bond acceptors (Lipinski definition) is 4. The molecule has 3 nitrogen and oxygen atoms in total. The molecular weight excluding hydrogens is 449 g/mol. The number of rotatable bonds is 6. The van der Waals surface area contributed by atoms with Crippen LogP contribution in [0.3, 0.4) is 0 Å². The second-order valence-corrected chi connectivity index (χ2v) is 8.10. The molecular formula is C14H15BrIN3S. The summed E-state index contributed by atoms with van der Waals surface area (Å²) in [6, 6.07) is 7.06. The molecule has 1 saturated carbocycles. The van der Waals surface area contributed by atoms with Gasteiger partial charge in [0.25, 0.3) is 0 Å². The van der Waals surface area contributed by atoms with E-state index in [1.807, 2.05) is 0 Å². The summed E-state index contributed by atoms with van der Waals surface area (Å²) in [5, 5.41) is 14.3. The summed E-state index contributed by atoms with van der Waals surface area (Å²) in [7, 11) is 0. The van der Waals surface area contributed by atoms with Crippen LogP contribution in [0.25, 0.3) is 10.6 Å². The summed E-state index contributed by atoms with van der Waals surface area (Å²) >= 11 is 7.57. The van der Waals surface area contributed by atoms with Gasteiger partial charge in [-0.3, -0.25) is 0 Å². The Bertz CT molecular complexity index is 598. The van der Waals surface area contributed by atoms with Crippen molar-refractivity contribution < 1.29 is 0 Å². The van der Waals surface area contributed by atoms with Crippen LogP contribution >= 0.6 is 49.9 Å². The van der Waals surface area contributed by atoms with Crippen LogP contribution in [0.1, 0.15) is 24.3 Å². The maximum atomic E-state index is 4.34. The zero-order chi connectivity index (χ0) is 13.9. The minimum atomic E-state index is 0.795. The predicted molar refractivity (Wildman–Crippen MR) is 95.1 cm³/mol. The fraction of sp³-hybridized carbons (Fsp3) is 0.429. The third-order valence-electron chi connectivity index (χ3n) is 3.20. The van der Waals surface area contributed by atoms with E-state index in [0.717, 1.165) is 39.9 Å². The fourth-order valence-corrected chi connectivity index (χ4v) is 4.00. The maximum absolute atomic E-state index is 4.34. The molecule has 0 spiro atoms. The number of hydrogen-bond donors (Lipinski definition) is 1. The zero-order valence-corrected chi connectivity index (χ0v) is 15.5. The number of halogens is 2. The average molecular weight is 464 g/mol. The highest BCUT2D eigenvalue weighted by molar-refractivity contribution is 14.1. The van der Waals surface area contributed by atoms with E-state index < -0.39 is 0 Å². The molecule has 106 valence electrons. The summed E-state index contributed by atoms with van der Waals surface area (Å²) in [4.78, 5) is 0. The molecule has 1 aliphatic carbocycles. The van der Waals surface area contributed by atoms with Gasteiger partial charge in [-0.15, -0.1) is 10.2 Å². The number of benzene rings is 1. The molecule has 0 atom stereocenters. The van der Waals surface area contributed by atoms with Crippen molar-refractivity contribution in [2.45, 2.75) is 31.7 Å². The van der Waals surface area contributed by atoms with Gasteiger partial charge >= 0.3 is 0 Å². The fourth-order valence-electron chi connectivity index (χ4n) is 1.96. The lowest BCUT2D eigenvalue weighted by molar-refractivity contribution is 0.643. The van der Waals surface area contributed by atoms with E-state index in [1.165, 1.54) is 22.0 Å². The highest BCUT2D eigenvalue weighted by Gasteiger charge is 2.19. The first-order valence-corrected chi connectivity index (χ1v) is 9.42. The lowest BCUT2D eigenvalue weighted by Gasteiger charge is -2.00. The topological polar surface area (TPSA) is 37.8 Å². The highest BCUT2D eigenvalue weighted by Crippen LogP contribution is 2.30. The standard InChI is InChI=1S/C14H15BrIN3S/c15-9-3-6-12(16)11(8-9)14-19-18-13(20-14)2-1-7-17-10-4-5-10/h3,6,8,10,17H,1-2,4-5,7H2. The first kappa shape index (κ1) is 14.9. The second-order valence-electron chi connectivity index (χ2n) is 4.96. The third kappa shape index (κ3) is 3.99. The number of nitrogens with one attached hydrogen (secondary N) is 1. The molecule has 1 N–H and O–H groups in total. The minimum absolute atomic E-state index is 0.795. The van der Waals surface area contributed by atoms with Crippen molar-refractivity contribution >= 4 is 49.9 Å². The summed E-state index contributed by atoms with van der Waals surface area (Å²) in [5.41, 5.74) is 1.17. The lowest BCUT2D eigenvalue weighted by Crippen LogP contribution is -2.17. The molecule has 2 aromatic rings. The molecule has 6 heteroatoms. The van der Waals surface area contributed by atoms with Crippen LogP contribution in [0.15, 0.2) is 22.7 Å². The zero-order valence-electron chi connectivity index (χ0n) is 10.9. The normalized spacial score (nSPS) is 14.7. The van der Waals surface area contributed by atoms with E-state index in [9.17, 15) is 0 Å². The van der Waals surface area contributed by atoms with E-state index >= 15 is 0 Å². The van der Waals surface area contributed by atoms with Gasteiger partial charge in [0.05, 0.1) is 0 Å². The van der Waals surface area contributed by atoms with Gasteiger partial charge in [0, 0.05) is 26.1 Å². The van der Waals surface area contributed by atoms with E-state index in [0.29, 0.717) is 0 Å².